The summed E-state index contributed by atoms with van der Waals surface area (Å²) in [4.78, 5) is 26.3. The van der Waals surface area contributed by atoms with Gasteiger partial charge in [0.2, 0.25) is 0 Å². The molecule has 0 unspecified atom stereocenters. The lowest BCUT2D eigenvalue weighted by molar-refractivity contribution is 0.0947. The Hall–Kier alpha value is -4.46. The molecule has 5 rings (SSSR count). The number of rotatable bonds is 6. The molecule has 0 saturated carbocycles. The molecule has 0 saturated heterocycles. The topological polar surface area (TPSA) is 82.1 Å². The molecule has 2 aromatic carbocycles. The first-order valence-corrected chi connectivity index (χ1v) is 10.3. The SMILES string of the molecule is O=C(NCc1ccco1)c1cn(Cc2ccc(F)cc2)cc2c(=O)n(-c3ccccc3)nc1-2. The number of halogens is 1. The number of carbonyl (C=O) groups excluding carboxylic acids is 1. The molecule has 2 aliphatic rings. The van der Waals surface area contributed by atoms with Gasteiger partial charge >= 0.3 is 0 Å². The van der Waals surface area contributed by atoms with Crippen LogP contribution in [-0.2, 0) is 13.1 Å². The highest BCUT2D eigenvalue weighted by Gasteiger charge is 2.24. The number of amides is 1. The maximum Gasteiger partial charge on any atom is 0.282 e. The van der Waals surface area contributed by atoms with Gasteiger partial charge in [-0.2, -0.15) is 9.78 Å². The van der Waals surface area contributed by atoms with Gasteiger partial charge in [0.15, 0.2) is 0 Å². The number of aromatic nitrogens is 3. The lowest BCUT2D eigenvalue weighted by Gasteiger charge is -2.13. The first kappa shape index (κ1) is 20.4. The molecule has 3 heterocycles. The van der Waals surface area contributed by atoms with E-state index in [9.17, 15) is 14.0 Å². The van der Waals surface area contributed by atoms with Gasteiger partial charge in [-0.05, 0) is 42.0 Å². The number of para-hydroxylation sites is 1. The number of nitrogens with zero attached hydrogens (tertiary/aromatic N) is 3. The van der Waals surface area contributed by atoms with Gasteiger partial charge in [0.05, 0.1) is 29.6 Å². The molecule has 0 atom stereocenters. The minimum atomic E-state index is -0.387. The van der Waals surface area contributed by atoms with Gasteiger partial charge in [0.25, 0.3) is 11.5 Å². The Bertz CT molecular complexity index is 1420. The van der Waals surface area contributed by atoms with Crippen molar-refractivity contribution in [2.24, 2.45) is 0 Å². The van der Waals surface area contributed by atoms with Crippen molar-refractivity contribution in [2.45, 2.75) is 13.1 Å². The molecule has 0 bridgehead atoms. The highest BCUT2D eigenvalue weighted by molar-refractivity contribution is 5.99. The van der Waals surface area contributed by atoms with E-state index in [0.717, 1.165) is 5.56 Å². The third-order valence-corrected chi connectivity index (χ3v) is 5.25. The Morgan fingerprint density at radius 3 is 2.52 bits per heavy atom. The zero-order valence-corrected chi connectivity index (χ0v) is 17.4. The van der Waals surface area contributed by atoms with Crippen LogP contribution in [0.5, 0.6) is 0 Å². The minimum absolute atomic E-state index is 0.198. The van der Waals surface area contributed by atoms with Crippen LogP contribution in [-0.4, -0.2) is 20.3 Å². The van der Waals surface area contributed by atoms with Crippen LogP contribution < -0.4 is 10.9 Å². The van der Waals surface area contributed by atoms with Gasteiger partial charge in [-0.1, -0.05) is 30.3 Å². The van der Waals surface area contributed by atoms with Crippen molar-refractivity contribution < 1.29 is 13.6 Å². The summed E-state index contributed by atoms with van der Waals surface area (Å²) in [6, 6.07) is 18.6. The van der Waals surface area contributed by atoms with Gasteiger partial charge in [-0.15, -0.1) is 0 Å². The molecule has 0 fully saturated rings. The Kier molecular flexibility index (Phi) is 5.32. The Labute approximate surface area is 188 Å². The summed E-state index contributed by atoms with van der Waals surface area (Å²) < 4.78 is 21.6. The van der Waals surface area contributed by atoms with Crippen molar-refractivity contribution in [1.29, 1.82) is 0 Å². The number of furan rings is 1. The second-order valence-electron chi connectivity index (χ2n) is 7.55. The second kappa shape index (κ2) is 8.58. The molecular weight excluding hydrogens is 423 g/mol. The summed E-state index contributed by atoms with van der Waals surface area (Å²) in [5, 5.41) is 7.28. The van der Waals surface area contributed by atoms with E-state index < -0.39 is 0 Å². The fourth-order valence-electron chi connectivity index (χ4n) is 3.64. The van der Waals surface area contributed by atoms with E-state index in [1.807, 2.05) is 18.2 Å². The summed E-state index contributed by atoms with van der Waals surface area (Å²) in [5.41, 5.74) is 1.97. The van der Waals surface area contributed by atoms with Gasteiger partial charge in [0.1, 0.15) is 17.3 Å². The Balaban J connectivity index is 1.58. The average Bonchev–Trinajstić information content (AvgIpc) is 3.47. The number of hydrogen-bond donors (Lipinski definition) is 1. The third kappa shape index (κ3) is 4.18. The monoisotopic (exact) mass is 442 g/mol. The average molecular weight is 442 g/mol. The molecule has 0 aliphatic carbocycles. The number of hydrogen-bond acceptors (Lipinski definition) is 4. The van der Waals surface area contributed by atoms with Crippen LogP contribution in [0.1, 0.15) is 21.7 Å². The van der Waals surface area contributed by atoms with Crippen LogP contribution in [0.25, 0.3) is 16.9 Å². The van der Waals surface area contributed by atoms with Crippen molar-refractivity contribution in [3.05, 3.63) is 118 Å². The largest absolute Gasteiger partial charge is 0.467 e. The summed E-state index contributed by atoms with van der Waals surface area (Å²) >= 11 is 0. The first-order chi connectivity index (χ1) is 16.1. The van der Waals surface area contributed by atoms with Gasteiger partial charge in [-0.25, -0.2) is 4.39 Å². The third-order valence-electron chi connectivity index (χ3n) is 5.25. The quantitative estimate of drug-likeness (QED) is 0.433. The maximum absolute atomic E-state index is 13.3. The number of nitrogens with one attached hydrogen (secondary N) is 1. The maximum atomic E-state index is 13.3. The summed E-state index contributed by atoms with van der Waals surface area (Å²) in [7, 11) is 0. The molecule has 0 radical (unpaired) electrons. The van der Waals surface area contributed by atoms with E-state index in [2.05, 4.69) is 10.4 Å². The van der Waals surface area contributed by atoms with Gasteiger partial charge in [0, 0.05) is 18.9 Å². The van der Waals surface area contributed by atoms with Gasteiger partial charge < -0.3 is 14.3 Å². The molecule has 1 N–H and O–H groups in total. The van der Waals surface area contributed by atoms with Crippen LogP contribution in [0.3, 0.4) is 0 Å². The molecule has 0 spiro atoms. The fourth-order valence-corrected chi connectivity index (χ4v) is 3.64. The van der Waals surface area contributed by atoms with Crippen LogP contribution in [0, 0.1) is 5.82 Å². The molecule has 8 heteroatoms. The summed E-state index contributed by atoms with van der Waals surface area (Å²) in [5.74, 6) is -0.111. The summed E-state index contributed by atoms with van der Waals surface area (Å²) in [6.07, 6.45) is 4.84. The number of benzene rings is 2. The minimum Gasteiger partial charge on any atom is -0.467 e. The lowest BCUT2D eigenvalue weighted by atomic mass is 10.1. The van der Waals surface area contributed by atoms with E-state index >= 15 is 0 Å². The molecule has 33 heavy (non-hydrogen) atoms. The normalized spacial score (nSPS) is 11.1. The zero-order chi connectivity index (χ0) is 22.8. The second-order valence-corrected chi connectivity index (χ2v) is 7.55. The molecule has 7 nitrogen and oxygen atoms in total. The number of pyridine rings is 1. The van der Waals surface area contributed by atoms with Crippen LogP contribution in [0.2, 0.25) is 0 Å². The van der Waals surface area contributed by atoms with E-state index in [4.69, 9.17) is 4.42 Å². The van der Waals surface area contributed by atoms with Crippen molar-refractivity contribution in [3.63, 3.8) is 0 Å². The standard InChI is InChI=1S/C25H19FN4O3/c26-18-10-8-17(9-11-18)14-29-15-21(24(31)27-13-20-7-4-12-33-20)23-22(16-29)25(32)30(28-23)19-5-2-1-3-6-19/h1-12,15-16H,13-14H2,(H,27,31). The predicted molar refractivity (Wildman–Crippen MR) is 120 cm³/mol. The predicted octanol–water partition coefficient (Wildman–Crippen LogP) is 3.85. The lowest BCUT2D eigenvalue weighted by Crippen LogP contribution is -2.24. The van der Waals surface area contributed by atoms with Crippen molar-refractivity contribution in [1.82, 2.24) is 19.7 Å². The van der Waals surface area contributed by atoms with E-state index in [1.54, 1.807) is 53.4 Å². The molecule has 164 valence electrons. The molecule has 1 aromatic heterocycles. The molecular formula is C25H19FN4O3. The van der Waals surface area contributed by atoms with Crippen molar-refractivity contribution in [2.75, 3.05) is 0 Å². The molecule has 3 aromatic rings. The van der Waals surface area contributed by atoms with E-state index in [0.29, 0.717) is 29.2 Å². The van der Waals surface area contributed by atoms with Crippen LogP contribution in [0.15, 0.2) is 94.6 Å². The number of fused-ring (bicyclic) bond motifs is 1. The Morgan fingerprint density at radius 1 is 1.00 bits per heavy atom. The van der Waals surface area contributed by atoms with Crippen LogP contribution >= 0.6 is 0 Å². The smallest absolute Gasteiger partial charge is 0.282 e. The zero-order valence-electron chi connectivity index (χ0n) is 17.4. The highest BCUT2D eigenvalue weighted by atomic mass is 19.1. The van der Waals surface area contributed by atoms with Crippen molar-refractivity contribution in [3.8, 4) is 16.9 Å². The fraction of sp³-hybridized carbons (Fsp3) is 0.0800. The highest BCUT2D eigenvalue weighted by Crippen LogP contribution is 2.23. The Morgan fingerprint density at radius 2 is 1.79 bits per heavy atom. The number of carbonyl (C=O) groups is 1. The molecule has 1 amide bonds. The first-order valence-electron chi connectivity index (χ1n) is 10.3. The molecule has 2 aliphatic heterocycles. The van der Waals surface area contributed by atoms with E-state index in [1.165, 1.54) is 23.1 Å². The van der Waals surface area contributed by atoms with Crippen LogP contribution in [0.4, 0.5) is 4.39 Å². The van der Waals surface area contributed by atoms with Gasteiger partial charge in [-0.3, -0.25) is 9.59 Å². The van der Waals surface area contributed by atoms with E-state index in [-0.39, 0.29) is 29.4 Å². The summed E-state index contributed by atoms with van der Waals surface area (Å²) in [6.45, 7) is 0.550. The van der Waals surface area contributed by atoms with Crippen molar-refractivity contribution >= 4 is 5.91 Å².